The maximum absolute atomic E-state index is 15.6. The number of carboxylic acids is 1. The number of methoxy groups -OCH3 is 3. The molecule has 0 aliphatic heterocycles. The van der Waals surface area contributed by atoms with Crippen LogP contribution in [0.15, 0.2) is 54.9 Å². The molecular formula is C57H65F8IN4O10. The molecular weight excluding hydrogens is 1180 g/mol. The predicted molar refractivity (Wildman–Crippen MR) is 286 cm³/mol. The molecule has 0 unspecified atom stereocenters. The van der Waals surface area contributed by atoms with Gasteiger partial charge in [0.15, 0.2) is 23.1 Å². The highest BCUT2D eigenvalue weighted by atomic mass is 127. The van der Waals surface area contributed by atoms with Gasteiger partial charge >= 0.3 is 24.3 Å². The summed E-state index contributed by atoms with van der Waals surface area (Å²) >= 11 is 1.68. The number of aromatic carboxylic acids is 1. The smallest absolute Gasteiger partial charge is 0.421 e. The fourth-order valence-electron chi connectivity index (χ4n) is 11.2. The Balaban J connectivity index is 0.000000231. The number of ether oxygens (including phenoxy) is 5. The molecule has 0 radical (unpaired) electrons. The quantitative estimate of drug-likeness (QED) is 0.0722. The first-order chi connectivity index (χ1) is 37.9. The van der Waals surface area contributed by atoms with Gasteiger partial charge in [-0.1, -0.05) is 13.8 Å². The minimum absolute atomic E-state index is 0.0119. The van der Waals surface area contributed by atoms with Crippen molar-refractivity contribution >= 4 is 57.7 Å². The second kappa shape index (κ2) is 26.9. The lowest BCUT2D eigenvalue weighted by molar-refractivity contribution is -0.139. The first kappa shape index (κ1) is 61.9. The van der Waals surface area contributed by atoms with Gasteiger partial charge in [0.2, 0.25) is 23.6 Å². The number of hydrogen-bond acceptors (Lipinski definition) is 11. The number of carbonyl (C=O) groups is 4. The third-order valence-corrected chi connectivity index (χ3v) is 16.3. The van der Waals surface area contributed by atoms with E-state index in [4.69, 9.17) is 23.7 Å². The highest BCUT2D eigenvalue weighted by Crippen LogP contribution is 2.44. The van der Waals surface area contributed by atoms with Crippen LogP contribution in [0.3, 0.4) is 0 Å². The molecule has 2 aromatic heterocycles. The number of rotatable bonds is 14. The first-order valence-electron chi connectivity index (χ1n) is 26.7. The van der Waals surface area contributed by atoms with Gasteiger partial charge in [-0.05, 0) is 155 Å². The molecule has 4 aliphatic rings. The van der Waals surface area contributed by atoms with Crippen LogP contribution in [0.5, 0.6) is 23.3 Å². The molecule has 4 aromatic rings. The zero-order chi connectivity index (χ0) is 58.2. The van der Waals surface area contributed by atoms with Gasteiger partial charge in [0, 0.05) is 78.4 Å². The van der Waals surface area contributed by atoms with Gasteiger partial charge in [0.25, 0.3) is 0 Å². The SMILES string of the molecule is COC(=O)c1cc(Oc2ncc(I)cc2C(F)(F)F)c(F)cc1N(C(=O)C1CCC(C)CC1)C1CCC(OC)CC1.COC1CCC(N(C(=O)C2CCC(C)CC2)c2cc(F)c(Oc3ncccc3C(F)(F)F)cc2C(=O)O)CC1. The second-order valence-electron chi connectivity index (χ2n) is 21.1. The van der Waals surface area contributed by atoms with Crippen molar-refractivity contribution in [2.75, 3.05) is 31.1 Å². The number of benzene rings is 2. The van der Waals surface area contributed by atoms with Crippen molar-refractivity contribution in [1.82, 2.24) is 9.97 Å². The van der Waals surface area contributed by atoms with Gasteiger partial charge in [0.1, 0.15) is 11.1 Å². The van der Waals surface area contributed by atoms with E-state index in [1.54, 1.807) is 36.8 Å². The minimum atomic E-state index is -4.82. The van der Waals surface area contributed by atoms with E-state index in [1.165, 1.54) is 9.80 Å². The molecule has 8 rings (SSSR count). The van der Waals surface area contributed by atoms with E-state index < -0.39 is 75.9 Å². The Labute approximate surface area is 472 Å². The summed E-state index contributed by atoms with van der Waals surface area (Å²) in [6.45, 7) is 4.26. The maximum Gasteiger partial charge on any atom is 0.421 e. The monoisotopic (exact) mass is 1240 g/mol. The van der Waals surface area contributed by atoms with Gasteiger partial charge in [-0.3, -0.25) is 9.59 Å². The number of nitrogens with zero attached hydrogens (tertiary/aromatic N) is 4. The topological polar surface area (TPSA) is 167 Å². The zero-order valence-electron chi connectivity index (χ0n) is 44.9. The molecule has 1 N–H and O–H groups in total. The van der Waals surface area contributed by atoms with Crippen molar-refractivity contribution in [3.63, 3.8) is 0 Å². The van der Waals surface area contributed by atoms with Crippen molar-refractivity contribution in [2.45, 2.75) is 153 Å². The van der Waals surface area contributed by atoms with Crippen molar-refractivity contribution in [3.05, 3.63) is 92.3 Å². The van der Waals surface area contributed by atoms with Gasteiger partial charge in [0.05, 0.1) is 41.8 Å². The molecule has 2 aromatic carbocycles. The molecule has 14 nitrogen and oxygen atoms in total. The molecule has 2 heterocycles. The Morgan fingerprint density at radius 2 is 1.01 bits per heavy atom. The Kier molecular flexibility index (Phi) is 20.8. The van der Waals surface area contributed by atoms with Crippen LogP contribution >= 0.6 is 22.6 Å². The van der Waals surface area contributed by atoms with Crippen molar-refractivity contribution < 1.29 is 83.1 Å². The number of halogens is 9. The lowest BCUT2D eigenvalue weighted by Gasteiger charge is -2.40. The molecule has 0 spiro atoms. The average molecular weight is 1250 g/mol. The van der Waals surface area contributed by atoms with Crippen LogP contribution in [0.1, 0.15) is 148 Å². The molecule has 0 atom stereocenters. The van der Waals surface area contributed by atoms with Crippen molar-refractivity contribution in [1.29, 1.82) is 0 Å². The van der Waals surface area contributed by atoms with Crippen molar-refractivity contribution in [2.24, 2.45) is 23.7 Å². The van der Waals surface area contributed by atoms with Crippen LogP contribution < -0.4 is 19.3 Å². The summed E-state index contributed by atoms with van der Waals surface area (Å²) in [5.74, 6) is -7.73. The fraction of sp³-hybridized carbons (Fsp3) is 0.544. The summed E-state index contributed by atoms with van der Waals surface area (Å²) < 4.78 is 139. The van der Waals surface area contributed by atoms with E-state index in [0.717, 1.165) is 87.7 Å². The van der Waals surface area contributed by atoms with Crippen LogP contribution in [0.25, 0.3) is 0 Å². The van der Waals surface area contributed by atoms with Gasteiger partial charge in [-0.25, -0.2) is 28.3 Å². The maximum atomic E-state index is 15.6. The minimum Gasteiger partial charge on any atom is -0.478 e. The van der Waals surface area contributed by atoms with E-state index in [9.17, 15) is 50.6 Å². The number of aromatic nitrogens is 2. The number of amides is 2. The first-order valence-corrected chi connectivity index (χ1v) is 27.8. The lowest BCUT2D eigenvalue weighted by Crippen LogP contribution is -2.47. The largest absolute Gasteiger partial charge is 0.478 e. The van der Waals surface area contributed by atoms with Crippen LogP contribution in [0, 0.1) is 38.9 Å². The highest BCUT2D eigenvalue weighted by Gasteiger charge is 2.42. The fourth-order valence-corrected chi connectivity index (χ4v) is 11.6. The molecule has 80 heavy (non-hydrogen) atoms. The summed E-state index contributed by atoms with van der Waals surface area (Å²) in [6, 6.07) is 5.59. The molecule has 436 valence electrons. The Hall–Kier alpha value is -5.69. The third kappa shape index (κ3) is 15.0. The molecule has 2 amide bonds. The van der Waals surface area contributed by atoms with Gasteiger partial charge < -0.3 is 38.6 Å². The molecule has 4 fully saturated rings. The van der Waals surface area contributed by atoms with E-state index in [-0.39, 0.29) is 68.5 Å². The van der Waals surface area contributed by atoms with E-state index in [0.29, 0.717) is 88.9 Å². The summed E-state index contributed by atoms with van der Waals surface area (Å²) in [5.41, 5.74) is -3.17. The normalized spacial score (nSPS) is 23.4. The van der Waals surface area contributed by atoms with Crippen LogP contribution in [-0.2, 0) is 36.2 Å². The Morgan fingerprint density at radius 3 is 1.43 bits per heavy atom. The number of alkyl halides is 6. The molecule has 0 bridgehead atoms. The summed E-state index contributed by atoms with van der Waals surface area (Å²) in [7, 11) is 4.38. The van der Waals surface area contributed by atoms with E-state index >= 15 is 8.78 Å². The van der Waals surface area contributed by atoms with Crippen LogP contribution in [0.2, 0.25) is 0 Å². The lowest BCUT2D eigenvalue weighted by atomic mass is 9.81. The number of esters is 1. The van der Waals surface area contributed by atoms with Crippen LogP contribution in [-0.4, -0.2) is 84.4 Å². The van der Waals surface area contributed by atoms with Crippen LogP contribution in [0.4, 0.5) is 46.5 Å². The van der Waals surface area contributed by atoms with Crippen molar-refractivity contribution in [3.8, 4) is 23.3 Å². The Bertz CT molecular complexity index is 2830. The number of carboxylic acid groups (broad SMARTS) is 1. The van der Waals surface area contributed by atoms with Gasteiger partial charge in [-0.15, -0.1) is 0 Å². The summed E-state index contributed by atoms with van der Waals surface area (Å²) in [4.78, 5) is 63.5. The highest BCUT2D eigenvalue weighted by molar-refractivity contribution is 14.1. The number of pyridine rings is 2. The van der Waals surface area contributed by atoms with E-state index in [1.807, 2.05) is 0 Å². The average Bonchev–Trinajstić information content (AvgIpc) is 3.43. The standard InChI is InChI=1S/C29H33F4IN2O5.C28H32F4N2O5/c1-16-4-6-17(7-5-16)27(37)36(19-8-10-20(39-2)11-9-19)24-14-23(30)25(13-21(24)28(38)40-3)41-26-22(29(31,32)33)12-18(34)15-35-26;1-16-5-7-17(8-6-16)26(35)34(18-9-11-19(38-2)12-10-18)23-15-22(29)24(14-20(23)27(36)37)39-25-21(28(30,31)32)4-3-13-33-25/h12-17,19-20H,4-11H2,1-3H3;3-4,13-19H,5-12H2,1-2H3,(H,36,37). The molecule has 0 saturated heterocycles. The third-order valence-electron chi connectivity index (χ3n) is 15.8. The summed E-state index contributed by atoms with van der Waals surface area (Å²) in [5, 5.41) is 10.1. The number of anilines is 2. The van der Waals surface area contributed by atoms with E-state index in [2.05, 4.69) is 23.8 Å². The molecule has 23 heteroatoms. The Morgan fingerprint density at radius 1 is 0.588 bits per heavy atom. The van der Waals surface area contributed by atoms with Gasteiger partial charge in [-0.2, -0.15) is 26.3 Å². The summed E-state index contributed by atoms with van der Waals surface area (Å²) in [6.07, 6.45) is 3.67. The predicted octanol–water partition coefficient (Wildman–Crippen LogP) is 14.4. The molecule has 4 aliphatic carbocycles. The molecule has 4 saturated carbocycles. The zero-order valence-corrected chi connectivity index (χ0v) is 47.1. The number of hydrogen-bond donors (Lipinski definition) is 1. The number of carbonyl (C=O) groups excluding carboxylic acids is 3. The second-order valence-corrected chi connectivity index (χ2v) is 22.4.